The molecule has 3 aromatic carbocycles. The van der Waals surface area contributed by atoms with Crippen molar-refractivity contribution in [1.29, 1.82) is 0 Å². The van der Waals surface area contributed by atoms with Gasteiger partial charge in [0.1, 0.15) is 22.6 Å². The predicted molar refractivity (Wildman–Crippen MR) is 136 cm³/mol. The lowest BCUT2D eigenvalue weighted by molar-refractivity contribution is 0.101. The van der Waals surface area contributed by atoms with Gasteiger partial charge in [-0.2, -0.15) is 0 Å². The summed E-state index contributed by atoms with van der Waals surface area (Å²) in [6, 6.07) is 23.7. The third-order valence-electron chi connectivity index (χ3n) is 6.17. The maximum atomic E-state index is 13.3. The fourth-order valence-corrected chi connectivity index (χ4v) is 4.64. The average Bonchev–Trinajstić information content (AvgIpc) is 3.17. The monoisotopic (exact) mass is 465 g/mol. The number of aromatic hydroxyl groups is 1. The van der Waals surface area contributed by atoms with Gasteiger partial charge in [0.25, 0.3) is 0 Å². The molecule has 2 aromatic heterocycles. The molecule has 5 rings (SSSR count). The lowest BCUT2D eigenvalue weighted by Gasteiger charge is -2.15. The molecule has 6 heteroatoms. The van der Waals surface area contributed by atoms with Gasteiger partial charge < -0.3 is 18.8 Å². The first-order valence-corrected chi connectivity index (χ1v) is 11.1. The van der Waals surface area contributed by atoms with E-state index in [-0.39, 0.29) is 22.7 Å². The van der Waals surface area contributed by atoms with Crippen LogP contribution in [0.1, 0.15) is 23.0 Å². The van der Waals surface area contributed by atoms with E-state index in [1.165, 1.54) is 6.92 Å². The minimum Gasteiger partial charge on any atom is -0.506 e. The number of benzene rings is 3. The van der Waals surface area contributed by atoms with E-state index in [1.54, 1.807) is 31.4 Å². The molecule has 0 saturated carbocycles. The van der Waals surface area contributed by atoms with Crippen molar-refractivity contribution in [2.24, 2.45) is 0 Å². The molecule has 0 spiro atoms. The highest BCUT2D eigenvalue weighted by Gasteiger charge is 2.30. The van der Waals surface area contributed by atoms with Gasteiger partial charge in [-0.3, -0.25) is 4.79 Å². The molecule has 0 unspecified atom stereocenters. The Hall–Kier alpha value is -4.58. The molecule has 0 saturated heterocycles. The fourth-order valence-electron chi connectivity index (χ4n) is 4.64. The summed E-state index contributed by atoms with van der Waals surface area (Å²) in [5.41, 5.74) is 3.01. The summed E-state index contributed by atoms with van der Waals surface area (Å²) in [5, 5.41) is 11.7. The van der Waals surface area contributed by atoms with Gasteiger partial charge in [0.2, 0.25) is 0 Å². The molecule has 0 aliphatic carbocycles. The normalized spacial score (nSPS) is 11.1. The van der Waals surface area contributed by atoms with E-state index in [0.717, 1.165) is 11.3 Å². The van der Waals surface area contributed by atoms with Crippen molar-refractivity contribution < 1.29 is 19.1 Å². The Morgan fingerprint density at radius 2 is 1.57 bits per heavy atom. The first-order chi connectivity index (χ1) is 16.9. The van der Waals surface area contributed by atoms with E-state index in [9.17, 15) is 14.7 Å². The van der Waals surface area contributed by atoms with Gasteiger partial charge in [0.05, 0.1) is 18.2 Å². The zero-order valence-corrected chi connectivity index (χ0v) is 19.5. The van der Waals surface area contributed by atoms with Crippen LogP contribution in [-0.2, 0) is 0 Å². The van der Waals surface area contributed by atoms with Gasteiger partial charge in [-0.25, -0.2) is 4.79 Å². The first kappa shape index (κ1) is 22.2. The number of nitrogens with zero attached hydrogens (tertiary/aromatic N) is 1. The van der Waals surface area contributed by atoms with Crippen molar-refractivity contribution in [3.63, 3.8) is 0 Å². The molecule has 6 nitrogen and oxygen atoms in total. The van der Waals surface area contributed by atoms with E-state index >= 15 is 0 Å². The number of methoxy groups -OCH3 is 1. The Morgan fingerprint density at radius 1 is 0.914 bits per heavy atom. The molecular formula is C29H23NO5. The summed E-state index contributed by atoms with van der Waals surface area (Å²) < 4.78 is 12.8. The molecular weight excluding hydrogens is 442 g/mol. The van der Waals surface area contributed by atoms with Gasteiger partial charge in [-0.1, -0.05) is 42.5 Å². The molecule has 35 heavy (non-hydrogen) atoms. The first-order valence-electron chi connectivity index (χ1n) is 11.1. The third kappa shape index (κ3) is 3.60. The summed E-state index contributed by atoms with van der Waals surface area (Å²) in [5.74, 6) is 0.247. The van der Waals surface area contributed by atoms with E-state index in [1.807, 2.05) is 66.1 Å². The zero-order chi connectivity index (χ0) is 24.7. The summed E-state index contributed by atoms with van der Waals surface area (Å²) in [6.07, 6.45) is 0. The molecule has 0 atom stereocenters. The standard InChI is InChI=1S/C29H23NO5/c1-17-24(18(2)31)25(26-28(32)22-11-7-8-12-23(22)35-29(26)33)27(19-9-5-4-6-10-19)30(17)20-13-15-21(34-3)16-14-20/h4-16,32H,1-3H3. The second kappa shape index (κ2) is 8.65. The highest BCUT2D eigenvalue weighted by atomic mass is 16.5. The van der Waals surface area contributed by atoms with Crippen LogP contribution in [0.2, 0.25) is 0 Å². The van der Waals surface area contributed by atoms with Crippen LogP contribution in [0.25, 0.3) is 39.0 Å². The second-order valence-corrected chi connectivity index (χ2v) is 8.25. The molecule has 2 heterocycles. The molecule has 0 radical (unpaired) electrons. The molecule has 1 N–H and O–H groups in total. The summed E-state index contributed by atoms with van der Waals surface area (Å²) in [6.45, 7) is 3.29. The van der Waals surface area contributed by atoms with Crippen LogP contribution in [0, 0.1) is 6.92 Å². The van der Waals surface area contributed by atoms with Gasteiger partial charge in [0, 0.05) is 22.5 Å². The maximum absolute atomic E-state index is 13.3. The summed E-state index contributed by atoms with van der Waals surface area (Å²) in [7, 11) is 1.60. The van der Waals surface area contributed by atoms with Crippen LogP contribution in [0.3, 0.4) is 0 Å². The number of ether oxygens (including phenoxy) is 1. The second-order valence-electron chi connectivity index (χ2n) is 8.25. The number of carbonyl (C=O) groups is 1. The Bertz CT molecular complexity index is 1630. The van der Waals surface area contributed by atoms with Crippen molar-refractivity contribution in [1.82, 2.24) is 4.57 Å². The molecule has 0 aliphatic heterocycles. The van der Waals surface area contributed by atoms with Crippen LogP contribution in [0.4, 0.5) is 0 Å². The number of Topliss-reactive ketones (excluding diaryl/α,β-unsaturated/α-hetero) is 1. The van der Waals surface area contributed by atoms with Crippen molar-refractivity contribution >= 4 is 16.8 Å². The van der Waals surface area contributed by atoms with Gasteiger partial charge in [0.15, 0.2) is 5.78 Å². The number of fused-ring (bicyclic) bond motifs is 1. The topological polar surface area (TPSA) is 81.7 Å². The van der Waals surface area contributed by atoms with Gasteiger partial charge in [-0.05, 0) is 55.8 Å². The van der Waals surface area contributed by atoms with Gasteiger partial charge in [-0.15, -0.1) is 0 Å². The quantitative estimate of drug-likeness (QED) is 0.249. The van der Waals surface area contributed by atoms with E-state index in [2.05, 4.69) is 0 Å². The molecule has 174 valence electrons. The Morgan fingerprint density at radius 3 is 2.23 bits per heavy atom. The van der Waals surface area contributed by atoms with Crippen LogP contribution < -0.4 is 10.4 Å². The smallest absolute Gasteiger partial charge is 0.348 e. The molecule has 0 fully saturated rings. The molecule has 0 aliphatic rings. The Labute approximate surface area is 201 Å². The number of aromatic nitrogens is 1. The number of para-hydroxylation sites is 1. The number of hydrogen-bond donors (Lipinski definition) is 1. The third-order valence-corrected chi connectivity index (χ3v) is 6.17. The Balaban J connectivity index is 1.96. The summed E-state index contributed by atoms with van der Waals surface area (Å²) >= 11 is 0. The summed E-state index contributed by atoms with van der Waals surface area (Å²) in [4.78, 5) is 26.3. The predicted octanol–water partition coefficient (Wildman–Crippen LogP) is 6.14. The molecule has 0 bridgehead atoms. The van der Waals surface area contributed by atoms with E-state index in [4.69, 9.17) is 9.15 Å². The number of hydrogen-bond acceptors (Lipinski definition) is 5. The van der Waals surface area contributed by atoms with Crippen LogP contribution >= 0.6 is 0 Å². The lowest BCUT2D eigenvalue weighted by Crippen LogP contribution is -2.07. The van der Waals surface area contributed by atoms with Crippen LogP contribution in [-0.4, -0.2) is 22.6 Å². The highest BCUT2D eigenvalue weighted by molar-refractivity contribution is 6.08. The minimum absolute atomic E-state index is 0.0388. The highest BCUT2D eigenvalue weighted by Crippen LogP contribution is 2.44. The van der Waals surface area contributed by atoms with Gasteiger partial charge >= 0.3 is 5.63 Å². The molecule has 5 aromatic rings. The average molecular weight is 466 g/mol. The molecule has 0 amide bonds. The minimum atomic E-state index is -0.715. The number of rotatable bonds is 5. The number of carbonyl (C=O) groups excluding carboxylic acids is 1. The fraction of sp³-hybridized carbons (Fsp3) is 0.103. The van der Waals surface area contributed by atoms with E-state index in [0.29, 0.717) is 33.7 Å². The largest absolute Gasteiger partial charge is 0.506 e. The number of ketones is 1. The van der Waals surface area contributed by atoms with Crippen LogP contribution in [0.5, 0.6) is 11.5 Å². The van der Waals surface area contributed by atoms with Crippen LogP contribution in [0.15, 0.2) is 88.1 Å². The SMILES string of the molecule is COc1ccc(-n2c(C)c(C(C)=O)c(-c3c(O)c4ccccc4oc3=O)c2-c2ccccc2)cc1. The Kier molecular flexibility index (Phi) is 5.49. The van der Waals surface area contributed by atoms with Crippen molar-refractivity contribution in [2.75, 3.05) is 7.11 Å². The van der Waals surface area contributed by atoms with Crippen molar-refractivity contribution in [2.45, 2.75) is 13.8 Å². The lowest BCUT2D eigenvalue weighted by atomic mass is 9.95. The van der Waals surface area contributed by atoms with E-state index < -0.39 is 5.63 Å². The maximum Gasteiger partial charge on any atom is 0.348 e. The zero-order valence-electron chi connectivity index (χ0n) is 19.5. The van der Waals surface area contributed by atoms with Crippen molar-refractivity contribution in [3.05, 3.63) is 101 Å². The van der Waals surface area contributed by atoms with Crippen molar-refractivity contribution in [3.8, 4) is 39.6 Å².